The number of hydrogen-bond acceptors (Lipinski definition) is 9. The summed E-state index contributed by atoms with van der Waals surface area (Å²) in [4.78, 5) is 30.1. The first kappa shape index (κ1) is 24.5. The Bertz CT molecular complexity index is 1290. The van der Waals surface area contributed by atoms with E-state index in [1.165, 1.54) is 16.2 Å². The molecular formula is C24H28N8O2S2. The van der Waals surface area contributed by atoms with Crippen LogP contribution in [0.3, 0.4) is 0 Å². The lowest BCUT2D eigenvalue weighted by molar-refractivity contribution is -0.130. The SMILES string of the molecule is CNC(=O)c1cc2c(s1)C(C[C@@H](C)NCC(=O)N1CCC[C@H]1C#N)(c1nn[nH]n1)c1ccsc1CC2. The van der Waals surface area contributed by atoms with Gasteiger partial charge in [0.05, 0.1) is 22.9 Å². The molecule has 3 aromatic heterocycles. The fraction of sp³-hybridized carbons (Fsp3) is 0.500. The number of amides is 2. The van der Waals surface area contributed by atoms with Crippen LogP contribution in [0.5, 0.6) is 0 Å². The molecule has 3 N–H and O–H groups in total. The molecular weight excluding hydrogens is 496 g/mol. The van der Waals surface area contributed by atoms with Gasteiger partial charge in [0.1, 0.15) is 6.04 Å². The van der Waals surface area contributed by atoms with Crippen molar-refractivity contribution < 1.29 is 9.59 Å². The molecule has 1 aliphatic carbocycles. The van der Waals surface area contributed by atoms with Crippen molar-refractivity contribution in [1.29, 1.82) is 5.26 Å². The van der Waals surface area contributed by atoms with Crippen LogP contribution in [0.2, 0.25) is 0 Å². The van der Waals surface area contributed by atoms with Gasteiger partial charge in [-0.15, -0.1) is 32.9 Å². The first-order valence-corrected chi connectivity index (χ1v) is 13.8. The van der Waals surface area contributed by atoms with E-state index >= 15 is 0 Å². The molecule has 10 nitrogen and oxygen atoms in total. The van der Waals surface area contributed by atoms with Gasteiger partial charge in [-0.3, -0.25) is 9.59 Å². The lowest BCUT2D eigenvalue weighted by Gasteiger charge is -2.33. The van der Waals surface area contributed by atoms with Crippen molar-refractivity contribution in [2.24, 2.45) is 0 Å². The van der Waals surface area contributed by atoms with Crippen molar-refractivity contribution >= 4 is 34.5 Å². The predicted octanol–water partition coefficient (Wildman–Crippen LogP) is 2.00. The number of carbonyl (C=O) groups is 2. The number of tetrazole rings is 1. The molecule has 36 heavy (non-hydrogen) atoms. The van der Waals surface area contributed by atoms with E-state index in [0.29, 0.717) is 23.7 Å². The van der Waals surface area contributed by atoms with Crippen molar-refractivity contribution in [1.82, 2.24) is 36.2 Å². The van der Waals surface area contributed by atoms with Crippen LogP contribution in [0.15, 0.2) is 17.5 Å². The first-order chi connectivity index (χ1) is 17.5. The number of nitriles is 1. The van der Waals surface area contributed by atoms with Gasteiger partial charge in [-0.05, 0) is 67.7 Å². The summed E-state index contributed by atoms with van der Waals surface area (Å²) in [5, 5.41) is 33.0. The summed E-state index contributed by atoms with van der Waals surface area (Å²) in [7, 11) is 1.64. The Morgan fingerprint density at radius 1 is 1.42 bits per heavy atom. The Hall–Kier alpha value is -3.14. The van der Waals surface area contributed by atoms with Gasteiger partial charge in [-0.1, -0.05) is 5.21 Å². The van der Waals surface area contributed by atoms with Gasteiger partial charge < -0.3 is 15.5 Å². The van der Waals surface area contributed by atoms with E-state index in [1.807, 2.05) is 13.0 Å². The summed E-state index contributed by atoms with van der Waals surface area (Å²) in [6.07, 6.45) is 3.85. The number of aromatic amines is 1. The number of nitrogens with zero attached hydrogens (tertiary/aromatic N) is 5. The van der Waals surface area contributed by atoms with Gasteiger partial charge >= 0.3 is 0 Å². The summed E-state index contributed by atoms with van der Waals surface area (Å²) >= 11 is 3.20. The Kier molecular flexibility index (Phi) is 6.87. The number of likely N-dealkylation sites (tertiary alicyclic amines) is 1. The summed E-state index contributed by atoms with van der Waals surface area (Å²) in [6, 6.07) is 5.91. The number of carbonyl (C=O) groups excluding carboxylic acids is 2. The largest absolute Gasteiger partial charge is 0.354 e. The van der Waals surface area contributed by atoms with E-state index in [-0.39, 0.29) is 30.4 Å². The highest BCUT2D eigenvalue weighted by molar-refractivity contribution is 7.14. The average molecular weight is 525 g/mol. The van der Waals surface area contributed by atoms with Crippen molar-refractivity contribution in [2.75, 3.05) is 20.1 Å². The minimum atomic E-state index is -0.719. The number of nitrogens with one attached hydrogen (secondary N) is 3. The van der Waals surface area contributed by atoms with Crippen LogP contribution < -0.4 is 10.6 Å². The molecule has 2 amide bonds. The van der Waals surface area contributed by atoms with E-state index < -0.39 is 5.41 Å². The molecule has 3 atom stereocenters. The van der Waals surface area contributed by atoms with Gasteiger partial charge in [0.25, 0.3) is 5.91 Å². The highest BCUT2D eigenvalue weighted by atomic mass is 32.1. The van der Waals surface area contributed by atoms with Crippen LogP contribution in [-0.2, 0) is 23.1 Å². The minimum Gasteiger partial charge on any atom is -0.354 e. The lowest BCUT2D eigenvalue weighted by atomic mass is 9.73. The van der Waals surface area contributed by atoms with Crippen LogP contribution in [-0.4, -0.2) is 69.6 Å². The Morgan fingerprint density at radius 2 is 2.28 bits per heavy atom. The third-order valence-corrected chi connectivity index (χ3v) is 9.46. The van der Waals surface area contributed by atoms with E-state index in [9.17, 15) is 14.9 Å². The van der Waals surface area contributed by atoms with Crippen molar-refractivity contribution in [3.8, 4) is 6.07 Å². The van der Waals surface area contributed by atoms with Crippen molar-refractivity contribution in [2.45, 2.75) is 56.5 Å². The summed E-state index contributed by atoms with van der Waals surface area (Å²) in [5.74, 6) is 0.380. The molecule has 1 fully saturated rings. The van der Waals surface area contributed by atoms with Gasteiger partial charge in [0.15, 0.2) is 5.82 Å². The smallest absolute Gasteiger partial charge is 0.261 e. The molecule has 188 valence electrons. The highest BCUT2D eigenvalue weighted by Gasteiger charge is 2.47. The lowest BCUT2D eigenvalue weighted by Crippen LogP contribution is -2.45. The number of rotatable bonds is 7. The fourth-order valence-corrected chi connectivity index (χ4v) is 7.77. The van der Waals surface area contributed by atoms with E-state index in [0.717, 1.165) is 41.7 Å². The molecule has 2 aliphatic rings. The second kappa shape index (κ2) is 10.1. The van der Waals surface area contributed by atoms with Crippen LogP contribution in [0.25, 0.3) is 0 Å². The molecule has 0 aromatic carbocycles. The maximum Gasteiger partial charge on any atom is 0.261 e. The van der Waals surface area contributed by atoms with E-state index in [1.54, 1.807) is 23.3 Å². The molecule has 3 aromatic rings. The fourth-order valence-electron chi connectivity index (χ4n) is 5.45. The van der Waals surface area contributed by atoms with Crippen molar-refractivity contribution in [3.05, 3.63) is 49.1 Å². The Balaban J connectivity index is 1.50. The molecule has 5 rings (SSSR count). The van der Waals surface area contributed by atoms with Crippen LogP contribution >= 0.6 is 22.7 Å². The molecule has 0 radical (unpaired) electrons. The Labute approximate surface area is 217 Å². The number of aryl methyl sites for hydroxylation is 2. The summed E-state index contributed by atoms with van der Waals surface area (Å²) in [5.41, 5.74) is 1.52. The Morgan fingerprint density at radius 3 is 3.03 bits per heavy atom. The average Bonchev–Trinajstić information content (AvgIpc) is 3.69. The van der Waals surface area contributed by atoms with Crippen molar-refractivity contribution in [3.63, 3.8) is 0 Å². The normalized spacial score (nSPS) is 21.8. The van der Waals surface area contributed by atoms with Gasteiger partial charge in [0.2, 0.25) is 5.91 Å². The molecule has 1 saturated heterocycles. The zero-order valence-electron chi connectivity index (χ0n) is 20.2. The number of H-pyrrole nitrogens is 1. The maximum atomic E-state index is 12.9. The maximum absolute atomic E-state index is 12.9. The monoisotopic (exact) mass is 524 g/mol. The zero-order chi connectivity index (χ0) is 25.3. The molecule has 1 aliphatic heterocycles. The second-order valence-electron chi connectivity index (χ2n) is 9.30. The molecule has 0 bridgehead atoms. The topological polar surface area (TPSA) is 140 Å². The molecule has 4 heterocycles. The van der Waals surface area contributed by atoms with Crippen LogP contribution in [0.1, 0.15) is 62.6 Å². The van der Waals surface area contributed by atoms with Crippen LogP contribution in [0.4, 0.5) is 0 Å². The summed E-state index contributed by atoms with van der Waals surface area (Å²) in [6.45, 7) is 2.82. The second-order valence-corrected chi connectivity index (χ2v) is 11.4. The highest BCUT2D eigenvalue weighted by Crippen LogP contribution is 2.50. The van der Waals surface area contributed by atoms with E-state index in [4.69, 9.17) is 0 Å². The number of thiophene rings is 2. The zero-order valence-corrected chi connectivity index (χ0v) is 21.8. The van der Waals surface area contributed by atoms with Gasteiger partial charge in [-0.2, -0.15) is 10.5 Å². The molecule has 1 unspecified atom stereocenters. The molecule has 0 spiro atoms. The minimum absolute atomic E-state index is 0.0599. The number of aromatic nitrogens is 4. The van der Waals surface area contributed by atoms with Crippen LogP contribution in [0, 0.1) is 11.3 Å². The number of hydrogen-bond donors (Lipinski definition) is 3. The predicted molar refractivity (Wildman–Crippen MR) is 136 cm³/mol. The number of fused-ring (bicyclic) bond motifs is 2. The summed E-state index contributed by atoms with van der Waals surface area (Å²) < 4.78 is 0. The van der Waals surface area contributed by atoms with E-state index in [2.05, 4.69) is 48.8 Å². The third-order valence-electron chi connectivity index (χ3n) is 7.14. The third kappa shape index (κ3) is 4.21. The standard InChI is InChI=1S/C24H28N8O2S2/c1-14(27-13-20(33)32-8-3-4-16(32)12-25)11-24(23-28-30-31-29-23)17-7-9-35-18(17)6-5-15-10-19(22(34)26-2)36-21(15)24/h7,9-10,14,16,27H,3-6,8,11,13H2,1-2H3,(H,26,34)(H,28,29,30,31)/t14-,16+,24?/m1/s1. The molecule has 0 saturated carbocycles. The quantitative estimate of drug-likeness (QED) is 0.429. The molecule has 12 heteroatoms. The first-order valence-electron chi connectivity index (χ1n) is 12.1. The van der Waals surface area contributed by atoms with Gasteiger partial charge in [0, 0.05) is 29.4 Å². The van der Waals surface area contributed by atoms with Gasteiger partial charge in [-0.25, -0.2) is 0 Å².